The number of aryl methyl sites for hydroxylation is 1. The minimum atomic E-state index is 0.767. The topological polar surface area (TPSA) is 54.0 Å². The lowest BCUT2D eigenvalue weighted by Crippen LogP contribution is -2.34. The second kappa shape index (κ2) is 20.6. The van der Waals surface area contributed by atoms with Crippen LogP contribution in [0.4, 0.5) is 5.69 Å². The highest BCUT2D eigenvalue weighted by Gasteiger charge is 2.17. The van der Waals surface area contributed by atoms with Gasteiger partial charge in [0.1, 0.15) is 12.4 Å². The van der Waals surface area contributed by atoms with Gasteiger partial charge in [-0.2, -0.15) is 0 Å². The Labute approximate surface area is 190 Å². The summed E-state index contributed by atoms with van der Waals surface area (Å²) >= 11 is 0. The molecule has 1 aliphatic rings. The second-order valence-corrected chi connectivity index (χ2v) is 6.90. The van der Waals surface area contributed by atoms with Gasteiger partial charge in [-0.3, -0.25) is 4.79 Å². The first-order chi connectivity index (χ1) is 14.9. The fraction of sp³-hybridized carbons (Fsp3) is 0.560. The normalized spacial score (nSPS) is 11.6. The lowest BCUT2D eigenvalue weighted by Gasteiger charge is -2.31. The molecule has 0 spiro atoms. The van der Waals surface area contributed by atoms with Gasteiger partial charge in [-0.25, -0.2) is 0 Å². The molecule has 0 aromatic heterocycles. The molecular weight excluding hydrogens is 390 g/mol. The van der Waals surface area contributed by atoms with Crippen LogP contribution < -0.4 is 15.0 Å². The maximum Gasteiger partial charge on any atom is 0.209 e. The van der Waals surface area contributed by atoms with E-state index in [0.29, 0.717) is 0 Å². The van der Waals surface area contributed by atoms with E-state index in [1.165, 1.54) is 16.8 Å². The summed E-state index contributed by atoms with van der Waals surface area (Å²) < 4.78 is 10.7. The van der Waals surface area contributed by atoms with Crippen molar-refractivity contribution in [3.05, 3.63) is 35.5 Å². The Morgan fingerprint density at radius 3 is 2.45 bits per heavy atom. The number of hydrogen-bond donors (Lipinski definition) is 1. The molecule has 1 N–H and O–H groups in total. The first-order valence-electron chi connectivity index (χ1n) is 10.8. The molecule has 0 saturated carbocycles. The monoisotopic (exact) mass is 433 g/mol. The number of rotatable bonds is 8. The number of nitrogens with one attached hydrogen (secondary N) is 1. The van der Waals surface area contributed by atoms with Crippen LogP contribution in [0.1, 0.15) is 39.7 Å². The molecule has 1 aromatic carbocycles. The van der Waals surface area contributed by atoms with Crippen molar-refractivity contribution in [3.63, 3.8) is 0 Å². The van der Waals surface area contributed by atoms with Gasteiger partial charge in [-0.15, -0.1) is 12.8 Å². The Hall–Kier alpha value is -2.65. The van der Waals surface area contributed by atoms with Crippen molar-refractivity contribution in [3.8, 4) is 18.6 Å². The fourth-order valence-corrected chi connectivity index (χ4v) is 2.50. The molecule has 6 heteroatoms. The first-order valence-corrected chi connectivity index (χ1v) is 10.8. The summed E-state index contributed by atoms with van der Waals surface area (Å²) in [5.41, 5.74) is 3.80. The number of anilines is 1. The number of amides is 1. The van der Waals surface area contributed by atoms with E-state index in [2.05, 4.69) is 62.0 Å². The fourth-order valence-electron chi connectivity index (χ4n) is 2.50. The first kappa shape index (κ1) is 30.5. The molecule has 0 atom stereocenters. The van der Waals surface area contributed by atoms with Crippen molar-refractivity contribution in [1.82, 2.24) is 10.2 Å². The summed E-state index contributed by atoms with van der Waals surface area (Å²) in [6.45, 7) is 15.5. The highest BCUT2D eigenvalue weighted by Crippen LogP contribution is 2.32. The largest absolute Gasteiger partial charge is 0.490 e. The van der Waals surface area contributed by atoms with Crippen LogP contribution in [-0.4, -0.2) is 64.9 Å². The number of hydrogen-bond acceptors (Lipinski definition) is 5. The van der Waals surface area contributed by atoms with Crippen LogP contribution in [0.3, 0.4) is 0 Å². The lowest BCUT2D eigenvalue weighted by atomic mass is 10.1. The Morgan fingerprint density at radius 1 is 1.32 bits per heavy atom. The molecule has 1 heterocycles. The van der Waals surface area contributed by atoms with E-state index in [9.17, 15) is 4.79 Å². The molecular formula is C25H43N3O3. The smallest absolute Gasteiger partial charge is 0.209 e. The van der Waals surface area contributed by atoms with Gasteiger partial charge in [0.15, 0.2) is 0 Å². The molecule has 1 aliphatic heterocycles. The third-order valence-corrected chi connectivity index (χ3v) is 4.14. The second-order valence-electron chi connectivity index (χ2n) is 6.90. The molecule has 0 saturated heterocycles. The molecule has 31 heavy (non-hydrogen) atoms. The van der Waals surface area contributed by atoms with Crippen molar-refractivity contribution >= 4 is 12.1 Å². The van der Waals surface area contributed by atoms with E-state index in [1.54, 1.807) is 11.9 Å². The average molecular weight is 434 g/mol. The van der Waals surface area contributed by atoms with Gasteiger partial charge in [0.25, 0.3) is 0 Å². The minimum Gasteiger partial charge on any atom is -0.490 e. The number of carbonyl (C=O) groups is 1. The number of terminal acetylenes is 1. The summed E-state index contributed by atoms with van der Waals surface area (Å²) in [7, 11) is 3.67. The zero-order valence-corrected chi connectivity index (χ0v) is 20.6. The van der Waals surface area contributed by atoms with Crippen LogP contribution in [0.15, 0.2) is 30.0 Å². The van der Waals surface area contributed by atoms with Gasteiger partial charge in [-0.05, 0) is 63.6 Å². The summed E-state index contributed by atoms with van der Waals surface area (Å²) in [4.78, 5) is 13.6. The van der Waals surface area contributed by atoms with Crippen LogP contribution in [0, 0.1) is 19.8 Å². The molecule has 6 nitrogen and oxygen atoms in total. The average Bonchev–Trinajstić information content (AvgIpc) is 2.80. The van der Waals surface area contributed by atoms with Crippen LogP contribution in [-0.2, 0) is 9.53 Å². The Morgan fingerprint density at radius 2 is 2.00 bits per heavy atom. The molecule has 0 fully saturated rings. The zero-order valence-electron chi connectivity index (χ0n) is 20.6. The highest BCUT2D eigenvalue weighted by atomic mass is 16.5. The van der Waals surface area contributed by atoms with Gasteiger partial charge < -0.3 is 24.6 Å². The third kappa shape index (κ3) is 14.9. The van der Waals surface area contributed by atoms with Gasteiger partial charge in [0.2, 0.25) is 6.41 Å². The molecule has 1 aromatic rings. The molecule has 1 amide bonds. The zero-order chi connectivity index (χ0) is 24.1. The predicted molar refractivity (Wildman–Crippen MR) is 133 cm³/mol. The van der Waals surface area contributed by atoms with Gasteiger partial charge in [0, 0.05) is 40.4 Å². The van der Waals surface area contributed by atoms with E-state index in [0.717, 1.165) is 58.0 Å². The molecule has 0 unspecified atom stereocenters. The summed E-state index contributed by atoms with van der Waals surface area (Å²) in [6.07, 6.45) is 12.0. The van der Waals surface area contributed by atoms with Crippen molar-refractivity contribution in [1.29, 1.82) is 0 Å². The number of fused-ring (bicyclic) bond motifs is 1. The van der Waals surface area contributed by atoms with Gasteiger partial charge >= 0.3 is 0 Å². The van der Waals surface area contributed by atoms with Crippen LogP contribution >= 0.6 is 0 Å². The molecule has 2 rings (SSSR count). The number of ether oxygens (including phenoxy) is 2. The predicted octanol–water partition coefficient (Wildman–Crippen LogP) is 4.09. The van der Waals surface area contributed by atoms with E-state index in [4.69, 9.17) is 9.47 Å². The molecule has 0 radical (unpaired) electrons. The lowest BCUT2D eigenvalue weighted by molar-refractivity contribution is -0.116. The van der Waals surface area contributed by atoms with Crippen LogP contribution in [0.5, 0.6) is 5.75 Å². The Kier molecular flexibility index (Phi) is 20.3. The highest BCUT2D eigenvalue weighted by molar-refractivity contribution is 5.61. The van der Waals surface area contributed by atoms with Crippen molar-refractivity contribution in [2.75, 3.05) is 58.5 Å². The number of nitrogens with zero attached hydrogens (tertiary/aromatic N) is 2. The Balaban J connectivity index is 0. The quantitative estimate of drug-likeness (QED) is 0.380. The van der Waals surface area contributed by atoms with Crippen LogP contribution in [0.2, 0.25) is 0 Å². The van der Waals surface area contributed by atoms with E-state index < -0.39 is 0 Å². The van der Waals surface area contributed by atoms with Crippen molar-refractivity contribution < 1.29 is 14.3 Å². The maximum absolute atomic E-state index is 9.66. The van der Waals surface area contributed by atoms with Crippen molar-refractivity contribution in [2.24, 2.45) is 0 Å². The molecule has 0 aliphatic carbocycles. The van der Waals surface area contributed by atoms with E-state index in [-0.39, 0.29) is 0 Å². The summed E-state index contributed by atoms with van der Waals surface area (Å²) in [6, 6.07) is 6.35. The maximum atomic E-state index is 9.66. The standard InChI is InChI=1S/C14H20N2O.C5H12O.C4H9NO.C2H2/c1-11-4-5-14-13(8-11)16(6-7-17-14)10-12(2)9-15-3;1-3-5-6-4-2;1-3-5(2)4-6;1-2/h4-5,8-9,15H,6-7,10H2,1-3H3;3-5H2,1-2H3;4H,3H2,1-2H3;1-2H/b12-9+;;;. The van der Waals surface area contributed by atoms with Gasteiger partial charge in [0.05, 0.1) is 12.2 Å². The van der Waals surface area contributed by atoms with Crippen molar-refractivity contribution in [2.45, 2.75) is 41.0 Å². The number of carbonyl (C=O) groups excluding carboxylic acids is 1. The number of benzene rings is 1. The van der Waals surface area contributed by atoms with E-state index >= 15 is 0 Å². The summed E-state index contributed by atoms with van der Waals surface area (Å²) in [5, 5.41) is 3.07. The molecule has 0 bridgehead atoms. The van der Waals surface area contributed by atoms with E-state index in [1.807, 2.05) is 27.1 Å². The minimum absolute atomic E-state index is 0.767. The third-order valence-electron chi connectivity index (χ3n) is 4.14. The SMILES string of the molecule is C#C.CCCOCC.CCN(C)C=O.CN/C=C(\C)CN1CCOc2ccc(C)cc21. The molecule has 176 valence electrons. The summed E-state index contributed by atoms with van der Waals surface area (Å²) in [5.74, 6) is 0.999. The Bertz CT molecular complexity index is 626. The van der Waals surface area contributed by atoms with Gasteiger partial charge in [-0.1, -0.05) is 13.0 Å². The van der Waals surface area contributed by atoms with Crippen LogP contribution in [0.25, 0.3) is 0 Å².